The van der Waals surface area contributed by atoms with Crippen LogP contribution in [-0.2, 0) is 0 Å². The summed E-state index contributed by atoms with van der Waals surface area (Å²) in [5, 5.41) is 8.12. The highest BCUT2D eigenvalue weighted by atomic mass is 35.5. The van der Waals surface area contributed by atoms with Crippen molar-refractivity contribution in [1.29, 1.82) is 0 Å². The van der Waals surface area contributed by atoms with E-state index in [1.165, 1.54) is 6.07 Å². The fourth-order valence-electron chi connectivity index (χ4n) is 2.16. The van der Waals surface area contributed by atoms with Gasteiger partial charge < -0.3 is 14.6 Å². The molecule has 0 atom stereocenters. The van der Waals surface area contributed by atoms with Crippen LogP contribution in [-0.4, -0.2) is 37.0 Å². The Morgan fingerprint density at radius 1 is 0.690 bits per heavy atom. The largest absolute Gasteiger partial charge is 0.506 e. The van der Waals surface area contributed by atoms with Crippen molar-refractivity contribution in [1.82, 2.24) is 0 Å². The number of benzene rings is 3. The number of rotatable bonds is 5. The molecule has 16 heteroatoms. The molecule has 0 amide bonds. The molecule has 0 radical (unpaired) electrons. The summed E-state index contributed by atoms with van der Waals surface area (Å²) in [6.45, 7) is -3.00. The van der Waals surface area contributed by atoms with Gasteiger partial charge in [0.05, 0.1) is 20.6 Å². The highest BCUT2D eigenvalue weighted by Gasteiger charge is 2.29. The molecule has 0 heterocycles. The Bertz CT molecular complexity index is 1250. The minimum absolute atomic E-state index is 0. The van der Waals surface area contributed by atoms with E-state index in [0.29, 0.717) is 0 Å². The lowest BCUT2D eigenvalue weighted by Gasteiger charge is -2.11. The lowest BCUT2D eigenvalue weighted by Crippen LogP contribution is -2.19. The van der Waals surface area contributed by atoms with E-state index >= 15 is 0 Å². The number of aldehydes is 1. The van der Waals surface area contributed by atoms with Crippen LogP contribution in [0.4, 0.5) is 39.5 Å². The number of hydrogen-bond donors (Lipinski definition) is 1. The molecule has 1 N–H and O–H groups in total. The summed E-state index contributed by atoms with van der Waals surface area (Å²) in [6.07, 6.45) is -8.85. The highest BCUT2D eigenvalue weighted by molar-refractivity contribution is 6.34. The first-order valence-corrected chi connectivity index (χ1v) is 11.0. The summed E-state index contributed by atoms with van der Waals surface area (Å²) < 4.78 is 117. The third kappa shape index (κ3) is 16.4. The molecule has 0 aliphatic heterocycles. The van der Waals surface area contributed by atoms with E-state index < -0.39 is 53.6 Å². The number of carbonyl (C=O) groups is 1. The smallest absolute Gasteiger partial charge is 0.422 e. The van der Waals surface area contributed by atoms with Gasteiger partial charge in [-0.2, -0.15) is 26.3 Å². The third-order valence-corrected chi connectivity index (χ3v) is 4.78. The van der Waals surface area contributed by atoms with Crippen molar-refractivity contribution in [3.8, 4) is 17.2 Å². The Labute approximate surface area is 251 Å². The van der Waals surface area contributed by atoms with E-state index in [0.717, 1.165) is 42.5 Å². The summed E-state index contributed by atoms with van der Waals surface area (Å²) >= 11 is 16.2. The molecule has 3 aromatic rings. The maximum atomic E-state index is 12.9. The van der Waals surface area contributed by atoms with Crippen LogP contribution in [0.3, 0.4) is 0 Å². The molecule has 3 aromatic carbocycles. The molecule has 0 aliphatic carbocycles. The fourth-order valence-corrected chi connectivity index (χ4v) is 2.80. The second-order valence-electron chi connectivity index (χ2n) is 6.87. The van der Waals surface area contributed by atoms with Gasteiger partial charge in [0, 0.05) is 0 Å². The molecule has 0 fully saturated rings. The first-order chi connectivity index (χ1) is 17.9. The Morgan fingerprint density at radius 3 is 1.52 bits per heavy atom. The third-order valence-electron chi connectivity index (χ3n) is 3.80. The molecule has 0 saturated carbocycles. The van der Waals surface area contributed by atoms with Gasteiger partial charge in [0.25, 0.3) is 0 Å². The van der Waals surface area contributed by atoms with Crippen LogP contribution >= 0.6 is 34.8 Å². The zero-order valence-electron chi connectivity index (χ0n) is 18.8. The molecular weight excluding hydrogens is 654 g/mol. The molecule has 42 heavy (non-hydrogen) atoms. The SMILES string of the molecule is C.C.C.Fc1ccc(OCC(F)(F)F)c(Cl)c1.O=Cc1c(F)ccc(OCC(F)(F)F)c1Cl.Oc1ccc(F)cc1Cl. The average molecular weight is 680 g/mol. The first-order valence-electron chi connectivity index (χ1n) is 9.85. The standard InChI is InChI=1S/C9H5ClF4O2.C8H5ClF4O.C6H4ClFO.3CH4/c10-8-5(3-15)6(11)1-2-7(8)16-4-9(12,13)14;9-6-3-5(10)1-2-7(6)14-4-8(11,12)13;7-5-3-4(8)1-2-6(5)9;;;/h1-3H,4H2;1-3H,4H2;1-3,9H;3*1H4. The van der Waals surface area contributed by atoms with Crippen molar-refractivity contribution < 1.29 is 58.9 Å². The van der Waals surface area contributed by atoms with Gasteiger partial charge in [0.15, 0.2) is 19.5 Å². The number of phenolic OH excluding ortho intramolecular Hbond substituents is 1. The lowest BCUT2D eigenvalue weighted by atomic mass is 10.2. The van der Waals surface area contributed by atoms with Crippen LogP contribution in [0.1, 0.15) is 32.6 Å². The number of halogens is 12. The minimum Gasteiger partial charge on any atom is -0.506 e. The molecule has 0 spiro atoms. The Kier molecular flexibility index (Phi) is 19.9. The highest BCUT2D eigenvalue weighted by Crippen LogP contribution is 2.30. The number of carbonyl (C=O) groups excluding carboxylic acids is 1. The van der Waals surface area contributed by atoms with Crippen molar-refractivity contribution in [2.45, 2.75) is 34.6 Å². The van der Waals surface area contributed by atoms with Crippen molar-refractivity contribution in [3.63, 3.8) is 0 Å². The summed E-state index contributed by atoms with van der Waals surface area (Å²) in [5.74, 6) is -2.67. The monoisotopic (exact) mass is 678 g/mol. The van der Waals surface area contributed by atoms with Crippen LogP contribution in [0, 0.1) is 17.5 Å². The molecule has 4 nitrogen and oxygen atoms in total. The quantitative estimate of drug-likeness (QED) is 0.215. The van der Waals surface area contributed by atoms with Crippen LogP contribution in [0.15, 0.2) is 48.5 Å². The summed E-state index contributed by atoms with van der Waals surface area (Å²) in [7, 11) is 0. The predicted molar refractivity (Wildman–Crippen MR) is 145 cm³/mol. The van der Waals surface area contributed by atoms with E-state index in [1.807, 2.05) is 0 Å². The van der Waals surface area contributed by atoms with Gasteiger partial charge in [-0.05, 0) is 48.5 Å². The van der Waals surface area contributed by atoms with Crippen molar-refractivity contribution in [2.24, 2.45) is 0 Å². The lowest BCUT2D eigenvalue weighted by molar-refractivity contribution is -0.154. The van der Waals surface area contributed by atoms with Crippen LogP contribution in [0.5, 0.6) is 17.2 Å². The van der Waals surface area contributed by atoms with Gasteiger partial charge >= 0.3 is 12.4 Å². The second-order valence-corrected chi connectivity index (χ2v) is 8.06. The van der Waals surface area contributed by atoms with E-state index in [-0.39, 0.29) is 55.9 Å². The van der Waals surface area contributed by atoms with Crippen LogP contribution in [0.25, 0.3) is 0 Å². The summed E-state index contributed by atoms with van der Waals surface area (Å²) in [4.78, 5) is 10.4. The number of aromatic hydroxyl groups is 1. The Balaban J connectivity index is -0.000000541. The van der Waals surface area contributed by atoms with Gasteiger partial charge in [0.1, 0.15) is 34.7 Å². The number of phenols is 1. The zero-order valence-corrected chi connectivity index (χ0v) is 21.1. The molecular formula is C26H26Cl3F9O4. The van der Waals surface area contributed by atoms with Gasteiger partial charge in [-0.15, -0.1) is 0 Å². The van der Waals surface area contributed by atoms with Gasteiger partial charge in [-0.3, -0.25) is 4.79 Å². The Hall–Kier alpha value is -3.03. The maximum Gasteiger partial charge on any atom is 0.422 e. The minimum atomic E-state index is -4.53. The van der Waals surface area contributed by atoms with E-state index in [9.17, 15) is 44.3 Å². The molecule has 0 aliphatic rings. The van der Waals surface area contributed by atoms with Crippen LogP contribution < -0.4 is 9.47 Å². The van der Waals surface area contributed by atoms with E-state index in [1.54, 1.807) is 0 Å². The number of alkyl halides is 6. The van der Waals surface area contributed by atoms with Gasteiger partial charge in [-0.25, -0.2) is 13.2 Å². The number of hydrogen-bond acceptors (Lipinski definition) is 4. The zero-order chi connectivity index (χ0) is 30.0. The summed E-state index contributed by atoms with van der Waals surface area (Å²) in [6, 6.07) is 8.03. The fraction of sp³-hybridized carbons (Fsp3) is 0.269. The van der Waals surface area contributed by atoms with Crippen molar-refractivity contribution in [3.05, 3.63) is 86.6 Å². The topological polar surface area (TPSA) is 55.8 Å². The summed E-state index contributed by atoms with van der Waals surface area (Å²) in [5.41, 5.74) is -0.527. The molecule has 0 unspecified atom stereocenters. The first kappa shape index (κ1) is 43.4. The van der Waals surface area contributed by atoms with Crippen molar-refractivity contribution in [2.75, 3.05) is 13.2 Å². The molecule has 0 aromatic heterocycles. The Morgan fingerprint density at radius 2 is 1.12 bits per heavy atom. The maximum absolute atomic E-state index is 12.9. The van der Waals surface area contributed by atoms with Gasteiger partial charge in [0.2, 0.25) is 0 Å². The normalized spacial score (nSPS) is 10.2. The van der Waals surface area contributed by atoms with Crippen LogP contribution in [0.2, 0.25) is 15.1 Å². The number of ether oxygens (including phenoxy) is 2. The van der Waals surface area contributed by atoms with Crippen molar-refractivity contribution >= 4 is 41.1 Å². The molecule has 3 rings (SSSR count). The molecule has 0 saturated heterocycles. The average Bonchev–Trinajstić information content (AvgIpc) is 2.80. The van der Waals surface area contributed by atoms with Gasteiger partial charge in [-0.1, -0.05) is 57.1 Å². The molecule has 0 bridgehead atoms. The second kappa shape index (κ2) is 19.2. The molecule has 238 valence electrons. The van der Waals surface area contributed by atoms with E-state index in [2.05, 4.69) is 9.47 Å². The predicted octanol–water partition coefficient (Wildman–Crippen LogP) is 10.7. The van der Waals surface area contributed by atoms with E-state index in [4.69, 9.17) is 39.9 Å².